The molecule has 1 heterocycles. The van der Waals surface area contributed by atoms with Crippen LogP contribution >= 0.6 is 24.0 Å². The highest BCUT2D eigenvalue weighted by Gasteiger charge is 2.23. The highest BCUT2D eigenvalue weighted by Crippen LogP contribution is 2.32. The van der Waals surface area contributed by atoms with E-state index in [4.69, 9.17) is 4.74 Å². The zero-order valence-electron chi connectivity index (χ0n) is 17.6. The molecule has 1 aromatic carbocycles. The van der Waals surface area contributed by atoms with Gasteiger partial charge < -0.3 is 20.3 Å². The van der Waals surface area contributed by atoms with Crippen molar-refractivity contribution in [1.82, 2.24) is 15.5 Å². The second-order valence-electron chi connectivity index (χ2n) is 8.07. The van der Waals surface area contributed by atoms with E-state index in [9.17, 15) is 4.79 Å². The van der Waals surface area contributed by atoms with Crippen molar-refractivity contribution < 1.29 is 9.53 Å². The van der Waals surface area contributed by atoms with E-state index in [0.29, 0.717) is 12.0 Å². The van der Waals surface area contributed by atoms with Crippen molar-refractivity contribution in [1.29, 1.82) is 0 Å². The molecular formula is C22H35IN4O2. The number of nitrogens with zero attached hydrogens (tertiary/aromatic N) is 2. The molecule has 2 aliphatic rings. The molecule has 1 amide bonds. The minimum atomic E-state index is 0. The summed E-state index contributed by atoms with van der Waals surface area (Å²) in [6.07, 6.45) is 7.03. The van der Waals surface area contributed by atoms with Gasteiger partial charge in [0.1, 0.15) is 6.54 Å². The normalized spacial score (nSPS) is 24.5. The number of likely N-dealkylation sites (N-methyl/N-ethyl adjacent to an activating group) is 1. The van der Waals surface area contributed by atoms with Gasteiger partial charge in [0.25, 0.3) is 0 Å². The van der Waals surface area contributed by atoms with Gasteiger partial charge in [-0.15, -0.1) is 24.0 Å². The van der Waals surface area contributed by atoms with Crippen LogP contribution < -0.4 is 10.6 Å². The average Bonchev–Trinajstić information content (AvgIpc) is 3.24. The van der Waals surface area contributed by atoms with Gasteiger partial charge in [0.2, 0.25) is 5.91 Å². The van der Waals surface area contributed by atoms with Crippen LogP contribution in [-0.2, 0) is 9.53 Å². The van der Waals surface area contributed by atoms with Crippen LogP contribution in [0.15, 0.2) is 35.3 Å². The Hall–Kier alpha value is -1.35. The fraction of sp³-hybridized carbons (Fsp3) is 0.636. The Morgan fingerprint density at radius 1 is 1.14 bits per heavy atom. The quantitative estimate of drug-likeness (QED) is 0.348. The number of benzene rings is 1. The van der Waals surface area contributed by atoms with Gasteiger partial charge in [-0.3, -0.25) is 4.79 Å². The van der Waals surface area contributed by atoms with E-state index in [0.717, 1.165) is 44.8 Å². The SMILES string of the molecule is CN(C)C(=O)CN=C(NCC1CCCO1)NC1CCC(c2ccccc2)CC1.I. The number of hydrogen-bond acceptors (Lipinski definition) is 3. The molecular weight excluding hydrogens is 479 g/mol. The number of guanidine groups is 1. The lowest BCUT2D eigenvalue weighted by molar-refractivity contribution is -0.127. The first kappa shape index (κ1) is 23.9. The van der Waals surface area contributed by atoms with Gasteiger partial charge in [0, 0.05) is 33.3 Å². The maximum atomic E-state index is 11.9. The topological polar surface area (TPSA) is 66.0 Å². The Balaban J connectivity index is 0.00000300. The molecule has 1 aliphatic heterocycles. The monoisotopic (exact) mass is 514 g/mol. The van der Waals surface area contributed by atoms with Crippen molar-refractivity contribution >= 4 is 35.8 Å². The van der Waals surface area contributed by atoms with Gasteiger partial charge in [-0.2, -0.15) is 0 Å². The fourth-order valence-corrected chi connectivity index (χ4v) is 3.95. The number of carbonyl (C=O) groups is 1. The minimum absolute atomic E-state index is 0. The van der Waals surface area contributed by atoms with E-state index < -0.39 is 0 Å². The van der Waals surface area contributed by atoms with E-state index in [1.807, 2.05) is 0 Å². The number of ether oxygens (including phenoxy) is 1. The molecule has 6 nitrogen and oxygen atoms in total. The molecule has 0 bridgehead atoms. The van der Waals surface area contributed by atoms with Crippen molar-refractivity contribution in [2.45, 2.75) is 56.6 Å². The number of hydrogen-bond donors (Lipinski definition) is 2. The molecule has 2 fully saturated rings. The molecule has 1 atom stereocenters. The predicted molar refractivity (Wildman–Crippen MR) is 128 cm³/mol. The average molecular weight is 514 g/mol. The molecule has 2 N–H and O–H groups in total. The van der Waals surface area contributed by atoms with E-state index in [-0.39, 0.29) is 42.5 Å². The van der Waals surface area contributed by atoms with Gasteiger partial charge in [-0.25, -0.2) is 4.99 Å². The summed E-state index contributed by atoms with van der Waals surface area (Å²) in [6.45, 7) is 1.74. The third-order valence-electron chi connectivity index (χ3n) is 5.73. The molecule has 3 rings (SSSR count). The second kappa shape index (κ2) is 12.4. The molecule has 0 radical (unpaired) electrons. The molecule has 0 spiro atoms. The van der Waals surface area contributed by atoms with Gasteiger partial charge in [0.15, 0.2) is 5.96 Å². The fourth-order valence-electron chi connectivity index (χ4n) is 3.95. The zero-order chi connectivity index (χ0) is 19.8. The van der Waals surface area contributed by atoms with Crippen LogP contribution in [0, 0.1) is 0 Å². The van der Waals surface area contributed by atoms with Crippen molar-refractivity contribution in [3.8, 4) is 0 Å². The van der Waals surface area contributed by atoms with Crippen molar-refractivity contribution in [2.24, 2.45) is 4.99 Å². The lowest BCUT2D eigenvalue weighted by Gasteiger charge is -2.30. The van der Waals surface area contributed by atoms with Crippen LogP contribution in [0.4, 0.5) is 0 Å². The molecule has 1 aliphatic carbocycles. The molecule has 1 unspecified atom stereocenters. The van der Waals surface area contributed by atoms with Gasteiger partial charge in [-0.1, -0.05) is 30.3 Å². The third-order valence-corrected chi connectivity index (χ3v) is 5.73. The van der Waals surface area contributed by atoms with Crippen molar-refractivity contribution in [3.63, 3.8) is 0 Å². The third kappa shape index (κ3) is 7.77. The summed E-state index contributed by atoms with van der Waals surface area (Å²) in [4.78, 5) is 18.0. The Labute approximate surface area is 191 Å². The van der Waals surface area contributed by atoms with Gasteiger partial charge in [-0.05, 0) is 50.0 Å². The second-order valence-corrected chi connectivity index (χ2v) is 8.07. The van der Waals surface area contributed by atoms with E-state index in [1.165, 1.54) is 18.4 Å². The van der Waals surface area contributed by atoms with Crippen LogP contribution in [-0.4, -0.2) is 62.7 Å². The maximum Gasteiger partial charge on any atom is 0.243 e. The number of nitrogens with one attached hydrogen (secondary N) is 2. The lowest BCUT2D eigenvalue weighted by atomic mass is 9.82. The smallest absolute Gasteiger partial charge is 0.243 e. The van der Waals surface area contributed by atoms with E-state index in [1.54, 1.807) is 19.0 Å². The van der Waals surface area contributed by atoms with Gasteiger partial charge >= 0.3 is 0 Å². The number of amides is 1. The molecule has 1 saturated heterocycles. The maximum absolute atomic E-state index is 11.9. The summed E-state index contributed by atoms with van der Waals surface area (Å²) < 4.78 is 5.70. The molecule has 7 heteroatoms. The Bertz CT molecular complexity index is 639. The summed E-state index contributed by atoms with van der Waals surface area (Å²) in [7, 11) is 3.52. The number of aliphatic imine (C=N–C) groups is 1. The first-order valence-corrected chi connectivity index (χ1v) is 10.5. The van der Waals surface area contributed by atoms with Crippen LogP contribution in [0.2, 0.25) is 0 Å². The lowest BCUT2D eigenvalue weighted by Crippen LogP contribution is -2.47. The largest absolute Gasteiger partial charge is 0.376 e. The predicted octanol–water partition coefficient (Wildman–Crippen LogP) is 3.13. The molecule has 1 saturated carbocycles. The summed E-state index contributed by atoms with van der Waals surface area (Å²) in [5.74, 6) is 1.38. The zero-order valence-corrected chi connectivity index (χ0v) is 19.9. The van der Waals surface area contributed by atoms with Crippen LogP contribution in [0.1, 0.15) is 50.0 Å². The summed E-state index contributed by atoms with van der Waals surface area (Å²) in [6, 6.07) is 11.2. The summed E-state index contributed by atoms with van der Waals surface area (Å²) in [5.41, 5.74) is 1.45. The molecule has 0 aromatic heterocycles. The Morgan fingerprint density at radius 2 is 1.86 bits per heavy atom. The highest BCUT2D eigenvalue weighted by molar-refractivity contribution is 14.0. The molecule has 1 aromatic rings. The van der Waals surface area contributed by atoms with E-state index in [2.05, 4.69) is 46.0 Å². The standard InChI is InChI=1S/C22H34N4O2.HI/c1-26(2)21(27)16-24-22(23-15-20-9-6-14-28-20)25-19-12-10-18(11-13-19)17-7-4-3-5-8-17;/h3-5,7-8,18-20H,6,9-16H2,1-2H3,(H2,23,24,25);1H. The van der Waals surface area contributed by atoms with Crippen LogP contribution in [0.3, 0.4) is 0 Å². The first-order valence-electron chi connectivity index (χ1n) is 10.5. The molecule has 162 valence electrons. The summed E-state index contributed by atoms with van der Waals surface area (Å²) >= 11 is 0. The number of rotatable bonds is 6. The Morgan fingerprint density at radius 3 is 2.48 bits per heavy atom. The van der Waals surface area contributed by atoms with Gasteiger partial charge in [0.05, 0.1) is 6.10 Å². The number of carbonyl (C=O) groups excluding carboxylic acids is 1. The summed E-state index contributed by atoms with van der Waals surface area (Å²) in [5, 5.41) is 6.95. The van der Waals surface area contributed by atoms with Crippen molar-refractivity contribution in [3.05, 3.63) is 35.9 Å². The van der Waals surface area contributed by atoms with Crippen molar-refractivity contribution in [2.75, 3.05) is 33.8 Å². The van der Waals surface area contributed by atoms with Crippen LogP contribution in [0.25, 0.3) is 0 Å². The Kier molecular flexibility index (Phi) is 10.2. The van der Waals surface area contributed by atoms with E-state index >= 15 is 0 Å². The molecule has 29 heavy (non-hydrogen) atoms. The minimum Gasteiger partial charge on any atom is -0.376 e. The number of halogens is 1. The highest BCUT2D eigenvalue weighted by atomic mass is 127. The first-order chi connectivity index (χ1) is 13.6. The van der Waals surface area contributed by atoms with Crippen LogP contribution in [0.5, 0.6) is 0 Å².